The summed E-state index contributed by atoms with van der Waals surface area (Å²) in [4.78, 5) is 3.23. The van der Waals surface area contributed by atoms with E-state index in [-0.39, 0.29) is 12.6 Å². The van der Waals surface area contributed by atoms with E-state index in [0.29, 0.717) is 5.75 Å². The van der Waals surface area contributed by atoms with Crippen LogP contribution in [0.4, 0.5) is 4.39 Å². The Morgan fingerprint density at radius 1 is 1.06 bits per heavy atom. The molecule has 0 aliphatic carbocycles. The van der Waals surface area contributed by atoms with Crippen LogP contribution in [-0.4, -0.2) is 11.8 Å². The summed E-state index contributed by atoms with van der Waals surface area (Å²) in [6.45, 7) is 0.234. The smallest absolute Gasteiger partial charge is 0.231 e. The maximum atomic E-state index is 13.2. The number of rotatable bonds is 0. The van der Waals surface area contributed by atoms with Gasteiger partial charge < -0.3 is 14.5 Å². The second-order valence-corrected chi connectivity index (χ2v) is 4.04. The molecular weight excluding hydrogens is 221 g/mol. The molecule has 3 nitrogen and oxygen atoms in total. The molecular formula is C13H8FNO2. The van der Waals surface area contributed by atoms with Crippen molar-refractivity contribution in [2.45, 2.75) is 0 Å². The summed E-state index contributed by atoms with van der Waals surface area (Å²) >= 11 is 0. The third-order valence-electron chi connectivity index (χ3n) is 3.07. The summed E-state index contributed by atoms with van der Waals surface area (Å²) in [5.41, 5.74) is 1.76. The lowest BCUT2D eigenvalue weighted by molar-refractivity contribution is 0.174. The highest BCUT2D eigenvalue weighted by atomic mass is 19.1. The van der Waals surface area contributed by atoms with Gasteiger partial charge in [0.25, 0.3) is 0 Å². The summed E-state index contributed by atoms with van der Waals surface area (Å²) < 4.78 is 24.0. The van der Waals surface area contributed by atoms with Gasteiger partial charge in [-0.15, -0.1) is 0 Å². The highest BCUT2D eigenvalue weighted by Crippen LogP contribution is 2.41. The van der Waals surface area contributed by atoms with E-state index >= 15 is 0 Å². The van der Waals surface area contributed by atoms with Crippen molar-refractivity contribution < 1.29 is 13.9 Å². The SMILES string of the molecule is Fc1ccc2[nH]c3c4c(ccc3c2c1)OCO4. The third-order valence-corrected chi connectivity index (χ3v) is 3.07. The van der Waals surface area contributed by atoms with Gasteiger partial charge in [0.05, 0.1) is 5.52 Å². The molecule has 0 saturated carbocycles. The van der Waals surface area contributed by atoms with Crippen LogP contribution in [0.3, 0.4) is 0 Å². The number of aromatic nitrogens is 1. The van der Waals surface area contributed by atoms with Gasteiger partial charge in [0, 0.05) is 16.3 Å². The van der Waals surface area contributed by atoms with E-state index in [4.69, 9.17) is 9.47 Å². The lowest BCUT2D eigenvalue weighted by atomic mass is 10.1. The van der Waals surface area contributed by atoms with Crippen LogP contribution >= 0.6 is 0 Å². The molecule has 0 radical (unpaired) electrons. The quantitative estimate of drug-likeness (QED) is 0.642. The van der Waals surface area contributed by atoms with Gasteiger partial charge in [0.15, 0.2) is 11.5 Å². The monoisotopic (exact) mass is 229 g/mol. The van der Waals surface area contributed by atoms with Crippen molar-refractivity contribution in [3.05, 3.63) is 36.1 Å². The van der Waals surface area contributed by atoms with Crippen LogP contribution in [0.25, 0.3) is 21.8 Å². The van der Waals surface area contributed by atoms with E-state index in [1.165, 1.54) is 12.1 Å². The molecule has 4 heteroatoms. The van der Waals surface area contributed by atoms with Crippen molar-refractivity contribution in [3.8, 4) is 11.5 Å². The maximum absolute atomic E-state index is 13.2. The second-order valence-electron chi connectivity index (χ2n) is 4.04. The largest absolute Gasteiger partial charge is 0.454 e. The van der Waals surface area contributed by atoms with Crippen LogP contribution in [0.15, 0.2) is 30.3 Å². The number of ether oxygens (including phenoxy) is 2. The van der Waals surface area contributed by atoms with E-state index in [0.717, 1.165) is 27.6 Å². The molecule has 0 spiro atoms. The van der Waals surface area contributed by atoms with E-state index in [1.54, 1.807) is 6.07 Å². The predicted molar refractivity (Wildman–Crippen MR) is 61.9 cm³/mol. The fraction of sp³-hybridized carbons (Fsp3) is 0.0769. The lowest BCUT2D eigenvalue weighted by Crippen LogP contribution is -1.93. The first-order chi connectivity index (χ1) is 8.33. The number of halogens is 1. The number of hydrogen-bond acceptors (Lipinski definition) is 2. The maximum Gasteiger partial charge on any atom is 0.231 e. The number of benzene rings is 2. The second kappa shape index (κ2) is 2.91. The zero-order valence-corrected chi connectivity index (χ0v) is 8.79. The van der Waals surface area contributed by atoms with Crippen molar-refractivity contribution in [1.82, 2.24) is 4.98 Å². The molecule has 4 rings (SSSR count). The van der Waals surface area contributed by atoms with Crippen molar-refractivity contribution in [3.63, 3.8) is 0 Å². The first-order valence-electron chi connectivity index (χ1n) is 5.32. The molecule has 1 N–H and O–H groups in total. The van der Waals surface area contributed by atoms with Gasteiger partial charge in [-0.1, -0.05) is 0 Å². The topological polar surface area (TPSA) is 34.2 Å². The zero-order chi connectivity index (χ0) is 11.4. The van der Waals surface area contributed by atoms with Gasteiger partial charge in [0.1, 0.15) is 5.82 Å². The summed E-state index contributed by atoms with van der Waals surface area (Å²) in [7, 11) is 0. The minimum absolute atomic E-state index is 0.234. The van der Waals surface area contributed by atoms with Crippen LogP contribution in [0, 0.1) is 5.82 Å². The average molecular weight is 229 g/mol. The molecule has 2 aromatic carbocycles. The fourth-order valence-electron chi connectivity index (χ4n) is 2.30. The molecule has 0 amide bonds. The van der Waals surface area contributed by atoms with Crippen molar-refractivity contribution in [1.29, 1.82) is 0 Å². The minimum atomic E-state index is -0.240. The molecule has 1 aromatic heterocycles. The van der Waals surface area contributed by atoms with Gasteiger partial charge >= 0.3 is 0 Å². The molecule has 17 heavy (non-hydrogen) atoms. The van der Waals surface area contributed by atoms with Crippen LogP contribution in [0.1, 0.15) is 0 Å². The van der Waals surface area contributed by atoms with Gasteiger partial charge in [-0.05, 0) is 30.3 Å². The highest BCUT2D eigenvalue weighted by Gasteiger charge is 2.19. The van der Waals surface area contributed by atoms with Crippen LogP contribution in [-0.2, 0) is 0 Å². The molecule has 0 saturated heterocycles. The standard InChI is InChI=1S/C13H8FNO2/c14-7-1-3-10-9(5-7)8-2-4-11-13(12(8)15-10)17-6-16-11/h1-5,15H,6H2. The third kappa shape index (κ3) is 1.09. The number of fused-ring (bicyclic) bond motifs is 5. The van der Waals surface area contributed by atoms with Crippen LogP contribution < -0.4 is 9.47 Å². The Kier molecular flexibility index (Phi) is 1.52. The Hall–Kier alpha value is -2.23. The first kappa shape index (κ1) is 8.87. The molecule has 1 aliphatic rings. The molecule has 0 atom stereocenters. The Bertz CT molecular complexity index is 748. The van der Waals surface area contributed by atoms with E-state index < -0.39 is 0 Å². The average Bonchev–Trinajstić information content (AvgIpc) is 2.91. The van der Waals surface area contributed by atoms with E-state index in [9.17, 15) is 4.39 Å². The number of hydrogen-bond donors (Lipinski definition) is 1. The molecule has 0 unspecified atom stereocenters. The number of aromatic amines is 1. The molecule has 3 aromatic rings. The lowest BCUT2D eigenvalue weighted by Gasteiger charge is -1.96. The molecule has 84 valence electrons. The van der Waals surface area contributed by atoms with Crippen molar-refractivity contribution >= 4 is 21.8 Å². The summed E-state index contributed by atoms with van der Waals surface area (Å²) in [5.74, 6) is 1.19. The Morgan fingerprint density at radius 2 is 2.00 bits per heavy atom. The fourth-order valence-corrected chi connectivity index (χ4v) is 2.30. The van der Waals surface area contributed by atoms with Crippen molar-refractivity contribution in [2.75, 3.05) is 6.79 Å². The van der Waals surface area contributed by atoms with Gasteiger partial charge in [-0.3, -0.25) is 0 Å². The molecule has 2 heterocycles. The van der Waals surface area contributed by atoms with Crippen molar-refractivity contribution in [2.24, 2.45) is 0 Å². The van der Waals surface area contributed by atoms with Crippen LogP contribution in [0.2, 0.25) is 0 Å². The van der Waals surface area contributed by atoms with Gasteiger partial charge in [0.2, 0.25) is 6.79 Å². The zero-order valence-electron chi connectivity index (χ0n) is 8.79. The molecule has 0 bridgehead atoms. The highest BCUT2D eigenvalue weighted by molar-refractivity contribution is 6.10. The molecule has 0 fully saturated rings. The predicted octanol–water partition coefficient (Wildman–Crippen LogP) is 3.19. The Labute approximate surface area is 95.8 Å². The minimum Gasteiger partial charge on any atom is -0.454 e. The van der Waals surface area contributed by atoms with E-state index in [2.05, 4.69) is 4.98 Å². The Morgan fingerprint density at radius 3 is 2.94 bits per heavy atom. The summed E-state index contributed by atoms with van der Waals surface area (Å²) in [6, 6.07) is 8.46. The van der Waals surface area contributed by atoms with Gasteiger partial charge in [-0.2, -0.15) is 0 Å². The normalized spacial score (nSPS) is 13.7. The first-order valence-corrected chi connectivity index (χ1v) is 5.32. The molecule has 1 aliphatic heterocycles. The van der Waals surface area contributed by atoms with Crippen LogP contribution in [0.5, 0.6) is 11.5 Å². The summed E-state index contributed by atoms with van der Waals surface area (Å²) in [5, 5.41) is 1.81. The summed E-state index contributed by atoms with van der Waals surface area (Å²) in [6.07, 6.45) is 0. The number of H-pyrrole nitrogens is 1. The number of nitrogens with one attached hydrogen (secondary N) is 1. The Balaban J connectivity index is 2.20. The van der Waals surface area contributed by atoms with E-state index in [1.807, 2.05) is 12.1 Å². The van der Waals surface area contributed by atoms with Gasteiger partial charge in [-0.25, -0.2) is 4.39 Å².